The number of hydrogen-bond acceptors (Lipinski definition) is 2. The summed E-state index contributed by atoms with van der Waals surface area (Å²) in [6, 6.07) is 16.2. The van der Waals surface area contributed by atoms with Gasteiger partial charge in [-0.15, -0.1) is 5.10 Å². The van der Waals surface area contributed by atoms with Gasteiger partial charge in [-0.1, -0.05) is 36.4 Å². The minimum Gasteiger partial charge on any atom is -0.200 e. The lowest BCUT2D eigenvalue weighted by atomic mass is 10.1. The van der Waals surface area contributed by atoms with Crippen LogP contribution in [0.4, 0.5) is 0 Å². The van der Waals surface area contributed by atoms with E-state index in [4.69, 9.17) is 0 Å². The molecule has 4 heteroatoms. The van der Waals surface area contributed by atoms with Crippen molar-refractivity contribution < 1.29 is 9.97 Å². The summed E-state index contributed by atoms with van der Waals surface area (Å²) in [6.07, 6.45) is 3.71. The molecule has 4 rings (SSSR count). The molecule has 4 nitrogen and oxygen atoms in total. The van der Waals surface area contributed by atoms with Gasteiger partial charge in [0.2, 0.25) is 6.20 Å². The molecule has 0 saturated carbocycles. The lowest BCUT2D eigenvalue weighted by molar-refractivity contribution is -0.396. The number of nitrogens with one attached hydrogen (secondary N) is 2. The molecule has 0 fully saturated rings. The zero-order chi connectivity index (χ0) is 13.4. The first kappa shape index (κ1) is 11.0. The van der Waals surface area contributed by atoms with Gasteiger partial charge in [0.1, 0.15) is 0 Å². The van der Waals surface area contributed by atoms with Crippen molar-refractivity contribution in [2.45, 2.75) is 0 Å². The van der Waals surface area contributed by atoms with E-state index in [-0.39, 0.29) is 0 Å². The van der Waals surface area contributed by atoms with Crippen LogP contribution in [-0.4, -0.2) is 10.2 Å². The first-order valence-electron chi connectivity index (χ1n) is 6.45. The molecule has 0 atom stereocenters. The number of fused-ring (bicyclic) bond motifs is 2. The number of benzene rings is 2. The molecule has 0 aliphatic carbocycles. The number of rotatable bonds is 1. The summed E-state index contributed by atoms with van der Waals surface area (Å²) in [5.41, 5.74) is 3.88. The quantitative estimate of drug-likeness (QED) is 0.526. The Labute approximate surface area is 115 Å². The zero-order valence-corrected chi connectivity index (χ0v) is 10.7. The van der Waals surface area contributed by atoms with E-state index in [1.165, 1.54) is 0 Å². The van der Waals surface area contributed by atoms with Crippen LogP contribution in [-0.2, 0) is 0 Å². The van der Waals surface area contributed by atoms with Gasteiger partial charge in [-0.25, -0.2) is 4.98 Å². The summed E-state index contributed by atoms with van der Waals surface area (Å²) in [5.74, 6) is 0. The van der Waals surface area contributed by atoms with Crippen molar-refractivity contribution in [2.75, 3.05) is 0 Å². The normalized spacial score (nSPS) is 11.0. The van der Waals surface area contributed by atoms with Gasteiger partial charge in [0.25, 0.3) is 16.7 Å². The predicted molar refractivity (Wildman–Crippen MR) is 75.6 cm³/mol. The summed E-state index contributed by atoms with van der Waals surface area (Å²) >= 11 is 0. The molecule has 2 N–H and O–H groups in total. The number of H-pyrrole nitrogens is 2. The van der Waals surface area contributed by atoms with Crippen molar-refractivity contribution in [3.8, 4) is 11.4 Å². The number of nitrogens with zero attached hydrogens (tertiary/aromatic N) is 2. The van der Waals surface area contributed by atoms with E-state index in [1.54, 1.807) is 6.20 Å². The standard InChI is InChI=1S/C16H10N4/c1-2-6-12-11(5-1)9-18-20-16(12)15-10-17-13-7-3-4-8-14(13)19-15/h1-10H/p+2. The highest BCUT2D eigenvalue weighted by atomic mass is 15.1. The number of hydrogen-bond donors (Lipinski definition) is 0. The van der Waals surface area contributed by atoms with Gasteiger partial charge in [-0.05, 0) is 0 Å². The van der Waals surface area contributed by atoms with Crippen molar-refractivity contribution in [3.05, 3.63) is 60.9 Å². The van der Waals surface area contributed by atoms with Gasteiger partial charge in [-0.3, -0.25) is 0 Å². The Morgan fingerprint density at radius 2 is 1.65 bits per heavy atom. The second-order valence-corrected chi connectivity index (χ2v) is 4.65. The summed E-state index contributed by atoms with van der Waals surface area (Å²) in [4.78, 5) is 6.69. The van der Waals surface area contributed by atoms with Crippen LogP contribution in [0.3, 0.4) is 0 Å². The Kier molecular flexibility index (Phi) is 2.39. The van der Waals surface area contributed by atoms with E-state index < -0.39 is 0 Å². The molecule has 4 aromatic rings. The zero-order valence-electron chi connectivity index (χ0n) is 10.7. The molecule has 20 heavy (non-hydrogen) atoms. The Hall–Kier alpha value is -2.88. The van der Waals surface area contributed by atoms with E-state index in [0.717, 1.165) is 33.2 Å². The predicted octanol–water partition coefficient (Wildman–Crippen LogP) is 2.08. The maximum atomic E-state index is 4.28. The van der Waals surface area contributed by atoms with Gasteiger partial charge >= 0.3 is 0 Å². The Bertz CT molecular complexity index is 913. The number of para-hydroxylation sites is 2. The maximum Gasteiger partial charge on any atom is 0.296 e. The van der Waals surface area contributed by atoms with Gasteiger partial charge < -0.3 is 0 Å². The Balaban J connectivity index is 2.01. The highest BCUT2D eigenvalue weighted by Crippen LogP contribution is 2.21. The largest absolute Gasteiger partial charge is 0.296 e. The van der Waals surface area contributed by atoms with E-state index >= 15 is 0 Å². The second kappa shape index (κ2) is 4.35. The van der Waals surface area contributed by atoms with Gasteiger partial charge in [0, 0.05) is 22.9 Å². The van der Waals surface area contributed by atoms with Gasteiger partial charge in [0.05, 0.1) is 6.20 Å². The monoisotopic (exact) mass is 260 g/mol. The molecule has 0 aliphatic heterocycles. The minimum absolute atomic E-state index is 0.852. The summed E-state index contributed by atoms with van der Waals surface area (Å²) in [7, 11) is 0. The molecule has 2 aromatic heterocycles. The third kappa shape index (κ3) is 1.70. The van der Waals surface area contributed by atoms with E-state index in [0.29, 0.717) is 0 Å². The first-order valence-corrected chi connectivity index (χ1v) is 6.45. The van der Waals surface area contributed by atoms with Crippen LogP contribution in [0.2, 0.25) is 0 Å². The van der Waals surface area contributed by atoms with Crippen LogP contribution < -0.4 is 9.97 Å². The lowest BCUT2D eigenvalue weighted by Crippen LogP contribution is -2.18. The Morgan fingerprint density at radius 1 is 0.850 bits per heavy atom. The topological polar surface area (TPSA) is 54.1 Å². The average molecular weight is 260 g/mol. The van der Waals surface area contributed by atoms with Crippen LogP contribution in [0.5, 0.6) is 0 Å². The number of aromatic amines is 2. The van der Waals surface area contributed by atoms with E-state index in [2.05, 4.69) is 26.2 Å². The Morgan fingerprint density at radius 3 is 2.60 bits per heavy atom. The van der Waals surface area contributed by atoms with Crippen LogP contribution in [0.1, 0.15) is 0 Å². The highest BCUT2D eigenvalue weighted by molar-refractivity contribution is 5.92. The van der Waals surface area contributed by atoms with Gasteiger partial charge in [-0.2, -0.15) is 10.1 Å². The van der Waals surface area contributed by atoms with Crippen molar-refractivity contribution >= 4 is 21.8 Å². The fourth-order valence-corrected chi connectivity index (χ4v) is 2.40. The molecular formula is C16H12N4+2. The fraction of sp³-hybridized carbons (Fsp3) is 0. The van der Waals surface area contributed by atoms with E-state index in [9.17, 15) is 0 Å². The first-order chi connectivity index (χ1) is 9.92. The molecule has 0 radical (unpaired) electrons. The molecule has 0 bridgehead atoms. The molecule has 0 unspecified atom stereocenters. The molecule has 0 amide bonds. The van der Waals surface area contributed by atoms with Crippen LogP contribution >= 0.6 is 0 Å². The molecule has 2 aromatic carbocycles. The molecule has 2 heterocycles. The smallest absolute Gasteiger partial charge is 0.200 e. The highest BCUT2D eigenvalue weighted by Gasteiger charge is 2.17. The summed E-state index contributed by atoms with van der Waals surface area (Å²) in [5, 5.41) is 10.5. The van der Waals surface area contributed by atoms with Crippen LogP contribution in [0, 0.1) is 0 Å². The fourth-order valence-electron chi connectivity index (χ4n) is 2.40. The second-order valence-electron chi connectivity index (χ2n) is 4.65. The summed E-state index contributed by atoms with van der Waals surface area (Å²) < 4.78 is 0. The molecular weight excluding hydrogens is 248 g/mol. The third-order valence-corrected chi connectivity index (χ3v) is 3.39. The molecule has 94 valence electrons. The average Bonchev–Trinajstić information content (AvgIpc) is 2.54. The molecule has 0 saturated heterocycles. The lowest BCUT2D eigenvalue weighted by Gasteiger charge is -1.99. The van der Waals surface area contributed by atoms with Crippen molar-refractivity contribution in [2.24, 2.45) is 0 Å². The summed E-state index contributed by atoms with van der Waals surface area (Å²) in [6.45, 7) is 0. The molecule has 0 aliphatic rings. The minimum atomic E-state index is 0.852. The van der Waals surface area contributed by atoms with Crippen molar-refractivity contribution in [1.82, 2.24) is 10.2 Å². The van der Waals surface area contributed by atoms with Crippen molar-refractivity contribution in [1.29, 1.82) is 0 Å². The van der Waals surface area contributed by atoms with Crippen molar-refractivity contribution in [3.63, 3.8) is 0 Å². The number of aromatic nitrogens is 4. The van der Waals surface area contributed by atoms with E-state index in [1.807, 2.05) is 48.7 Å². The van der Waals surface area contributed by atoms with Crippen LogP contribution in [0.15, 0.2) is 60.9 Å². The maximum absolute atomic E-state index is 4.28. The molecule has 0 spiro atoms. The third-order valence-electron chi connectivity index (χ3n) is 3.39. The van der Waals surface area contributed by atoms with Gasteiger partial charge in [0.15, 0.2) is 5.69 Å². The van der Waals surface area contributed by atoms with Crippen LogP contribution in [0.25, 0.3) is 33.2 Å². The SMILES string of the molecule is c1ccc2c(-c3c[nH+]c4ccccc4[nH+]3)nncc2c1.